The molecule has 0 aliphatic rings. The van der Waals surface area contributed by atoms with Crippen LogP contribution in [0.1, 0.15) is 24.0 Å². The van der Waals surface area contributed by atoms with E-state index in [-0.39, 0.29) is 15.9 Å². The lowest BCUT2D eigenvalue weighted by molar-refractivity contribution is -0.461. The molecule has 73 heavy (non-hydrogen) atoms. The Morgan fingerprint density at radius 1 is 0.233 bits per heavy atom. The Balaban J connectivity index is 1.91. The highest BCUT2D eigenvalue weighted by molar-refractivity contribution is 7.79. The number of rotatable bonds is 21. The molecular formula is C38H21F34P. The van der Waals surface area contributed by atoms with Gasteiger partial charge in [-0.05, 0) is 47.8 Å². The van der Waals surface area contributed by atoms with E-state index >= 15 is 0 Å². The Morgan fingerprint density at radius 3 is 0.671 bits per heavy atom. The van der Waals surface area contributed by atoms with E-state index in [0.717, 1.165) is 24.3 Å². The summed E-state index contributed by atoms with van der Waals surface area (Å²) < 4.78 is 465. The van der Waals surface area contributed by atoms with Crippen LogP contribution in [0.4, 0.5) is 149 Å². The van der Waals surface area contributed by atoms with Gasteiger partial charge in [-0.1, -0.05) is 78.9 Å². The maximum Gasteiger partial charge on any atom is 0.460 e. The summed E-state index contributed by atoms with van der Waals surface area (Å²) in [6.45, 7) is 0. The van der Waals surface area contributed by atoms with E-state index in [4.69, 9.17) is 0 Å². The van der Waals surface area contributed by atoms with E-state index in [2.05, 4.69) is 0 Å². The van der Waals surface area contributed by atoms with Crippen molar-refractivity contribution in [2.75, 3.05) is 0 Å². The van der Waals surface area contributed by atoms with Gasteiger partial charge in [0.2, 0.25) is 0 Å². The van der Waals surface area contributed by atoms with Crippen LogP contribution in [0.5, 0.6) is 0 Å². The summed E-state index contributed by atoms with van der Waals surface area (Å²) in [6, 6.07) is 13.0. The van der Waals surface area contributed by atoms with Gasteiger partial charge in [-0.3, -0.25) is 0 Å². The molecule has 0 atom stereocenters. The van der Waals surface area contributed by atoms with E-state index < -0.39 is 140 Å². The molecule has 0 aromatic heterocycles. The second-order valence-electron chi connectivity index (χ2n) is 15.3. The Morgan fingerprint density at radius 2 is 0.438 bits per heavy atom. The predicted molar refractivity (Wildman–Crippen MR) is 183 cm³/mol. The molecule has 35 heteroatoms. The molecule has 3 rings (SSSR count). The van der Waals surface area contributed by atoms with Crippen LogP contribution in [0, 0.1) is 0 Å². The van der Waals surface area contributed by atoms with Crippen molar-refractivity contribution in [2.24, 2.45) is 0 Å². The highest BCUT2D eigenvalue weighted by Crippen LogP contribution is 2.66. The van der Waals surface area contributed by atoms with Crippen molar-refractivity contribution in [3.8, 4) is 0 Å². The molecule has 0 N–H and O–H groups in total. The van der Waals surface area contributed by atoms with E-state index in [1.807, 2.05) is 0 Å². The van der Waals surface area contributed by atoms with E-state index in [1.54, 1.807) is 0 Å². The van der Waals surface area contributed by atoms with Crippen molar-refractivity contribution in [2.45, 2.75) is 121 Å². The fraction of sp³-hybridized carbons (Fsp3) is 0.526. The van der Waals surface area contributed by atoms with Gasteiger partial charge in [-0.2, -0.15) is 149 Å². The average molecular weight is 1150 g/mol. The molecule has 0 bridgehead atoms. The predicted octanol–water partition coefficient (Wildman–Crippen LogP) is 15.3. The van der Waals surface area contributed by atoms with Crippen molar-refractivity contribution in [3.05, 3.63) is 90.0 Å². The van der Waals surface area contributed by atoms with Crippen molar-refractivity contribution in [3.63, 3.8) is 0 Å². The van der Waals surface area contributed by atoms with Gasteiger partial charge < -0.3 is 0 Å². The van der Waals surface area contributed by atoms with Crippen LogP contribution in [-0.2, 0) is 12.8 Å². The zero-order valence-corrected chi connectivity index (χ0v) is 35.0. The van der Waals surface area contributed by atoms with Crippen LogP contribution in [0.15, 0.2) is 78.9 Å². The van der Waals surface area contributed by atoms with Gasteiger partial charge >= 0.3 is 95.3 Å². The molecular weight excluding hydrogens is 1130 g/mol. The summed E-state index contributed by atoms with van der Waals surface area (Å²) in [7, 11) is -2.12. The minimum atomic E-state index is -8.84. The first-order valence-electron chi connectivity index (χ1n) is 18.6. The fourth-order valence-electron chi connectivity index (χ4n) is 5.96. The lowest BCUT2D eigenvalue weighted by atomic mass is 9.87. The van der Waals surface area contributed by atoms with E-state index in [1.165, 1.54) is 30.3 Å². The smallest absolute Gasteiger partial charge is 0.200 e. The zero-order chi connectivity index (χ0) is 57.5. The summed E-state index contributed by atoms with van der Waals surface area (Å²) in [5, 5.41) is 0.168. The molecule has 0 aliphatic carbocycles. The van der Waals surface area contributed by atoms with Gasteiger partial charge in [-0.15, -0.1) is 0 Å². The molecule has 416 valence electrons. The zero-order valence-electron chi connectivity index (χ0n) is 34.1. The standard InChI is InChI=1S/C38H21F34P/c39-23(40,25(43,44)27(47,48)29(51,52)31(55,56)33(59,60)35(63,64)37(67,68)69)16-14-18-6-10-21(11-7-18)73(20-4-2-1-3-5-20)22-12-8-19(9-13-22)15-17-24(41,42)26(45,46)28(49,50)30(53,54)32(57,58)34(61,62)36(65,66)38(70,71)72/h1-13H,14-17H2. The highest BCUT2D eigenvalue weighted by Gasteiger charge is 2.97. The van der Waals surface area contributed by atoms with Crippen LogP contribution >= 0.6 is 7.92 Å². The van der Waals surface area contributed by atoms with Gasteiger partial charge in [0.15, 0.2) is 0 Å². The van der Waals surface area contributed by atoms with Crippen LogP contribution in [0.2, 0.25) is 0 Å². The maximum atomic E-state index is 14.6. The summed E-state index contributed by atoms with van der Waals surface area (Å²) in [5.41, 5.74) is -1.38. The summed E-state index contributed by atoms with van der Waals surface area (Å²) in [5.74, 6) is -116. The Labute approximate surface area is 384 Å². The van der Waals surface area contributed by atoms with Crippen LogP contribution in [-0.4, -0.2) is 95.3 Å². The minimum absolute atomic E-state index is 0.0236. The minimum Gasteiger partial charge on any atom is -0.200 e. The third kappa shape index (κ3) is 9.69. The largest absolute Gasteiger partial charge is 0.460 e. The number of halogens is 34. The number of hydrogen-bond acceptors (Lipinski definition) is 0. The molecule has 0 amide bonds. The van der Waals surface area contributed by atoms with Gasteiger partial charge in [0.1, 0.15) is 0 Å². The van der Waals surface area contributed by atoms with Crippen molar-refractivity contribution in [1.82, 2.24) is 0 Å². The van der Waals surface area contributed by atoms with Gasteiger partial charge in [0, 0.05) is 12.8 Å². The molecule has 0 saturated heterocycles. The monoisotopic (exact) mass is 1150 g/mol. The third-order valence-corrected chi connectivity index (χ3v) is 12.9. The first-order valence-corrected chi connectivity index (χ1v) is 19.9. The molecule has 3 aromatic rings. The molecule has 0 fully saturated rings. The fourth-order valence-corrected chi connectivity index (χ4v) is 8.22. The van der Waals surface area contributed by atoms with Gasteiger partial charge in [-0.25, -0.2) is 0 Å². The van der Waals surface area contributed by atoms with Crippen molar-refractivity contribution < 1.29 is 149 Å². The second-order valence-corrected chi connectivity index (χ2v) is 17.5. The Bertz CT molecular complexity index is 2200. The second kappa shape index (κ2) is 18.8. The lowest BCUT2D eigenvalue weighted by Gasteiger charge is -2.42. The number of aryl methyl sites for hydroxylation is 2. The van der Waals surface area contributed by atoms with Crippen molar-refractivity contribution in [1.29, 1.82) is 0 Å². The molecule has 0 saturated carbocycles. The first-order chi connectivity index (χ1) is 32.1. The SMILES string of the molecule is FC(F)(F)C(F)(F)C(F)(F)C(F)(F)C(F)(F)C(F)(F)C(F)(F)C(F)(F)CCc1ccc(P(c2ccccc2)c2ccc(CCC(F)(F)C(F)(F)C(F)(F)C(F)(F)C(F)(F)C(F)(F)C(F)(F)C(F)(F)F)cc2)cc1. The Hall–Kier alpha value is -4.29. The first kappa shape index (κ1) is 63.0. The summed E-state index contributed by atoms with van der Waals surface area (Å²) >= 11 is 0. The van der Waals surface area contributed by atoms with E-state index in [9.17, 15) is 149 Å². The van der Waals surface area contributed by atoms with Crippen molar-refractivity contribution >= 4 is 23.8 Å². The molecule has 0 unspecified atom stereocenters. The quantitative estimate of drug-likeness (QED) is 0.0737. The van der Waals surface area contributed by atoms with E-state index in [0.29, 0.717) is 24.3 Å². The van der Waals surface area contributed by atoms with Gasteiger partial charge in [0.05, 0.1) is 0 Å². The molecule has 0 aliphatic heterocycles. The third-order valence-electron chi connectivity index (χ3n) is 10.4. The van der Waals surface area contributed by atoms with Crippen LogP contribution in [0.25, 0.3) is 0 Å². The molecule has 0 spiro atoms. The van der Waals surface area contributed by atoms with Gasteiger partial charge in [0.25, 0.3) is 0 Å². The molecule has 3 aromatic carbocycles. The highest BCUT2D eigenvalue weighted by atomic mass is 31.1. The number of hydrogen-bond donors (Lipinski definition) is 0. The normalized spacial score (nSPS) is 15.6. The topological polar surface area (TPSA) is 0 Å². The van der Waals surface area contributed by atoms with Crippen LogP contribution < -0.4 is 15.9 Å². The maximum absolute atomic E-state index is 14.6. The Kier molecular flexibility index (Phi) is 16.2. The van der Waals surface area contributed by atoms with Crippen LogP contribution in [0.3, 0.4) is 0 Å². The summed E-state index contributed by atoms with van der Waals surface area (Å²) in [4.78, 5) is 0. The number of benzene rings is 3. The molecule has 0 nitrogen and oxygen atoms in total. The number of alkyl halides is 34. The molecule has 0 radical (unpaired) electrons. The lowest BCUT2D eigenvalue weighted by Crippen LogP contribution is -2.74. The average Bonchev–Trinajstić information content (AvgIpc) is 3.24. The molecule has 0 heterocycles. The summed E-state index contributed by atoms with van der Waals surface area (Å²) in [6.07, 6.45) is -24.9.